The molecule has 0 spiro atoms. The average Bonchev–Trinajstić information content (AvgIpc) is 3.13. The van der Waals surface area contributed by atoms with Gasteiger partial charge in [-0.1, -0.05) is 12.1 Å². The van der Waals surface area contributed by atoms with E-state index in [1.165, 1.54) is 0 Å². The Labute approximate surface area is 204 Å². The van der Waals surface area contributed by atoms with Gasteiger partial charge in [0.25, 0.3) is 0 Å². The fourth-order valence-electron chi connectivity index (χ4n) is 5.25. The smallest absolute Gasteiger partial charge is 0.315 e. The van der Waals surface area contributed by atoms with Crippen molar-refractivity contribution in [3.63, 3.8) is 0 Å². The summed E-state index contributed by atoms with van der Waals surface area (Å²) < 4.78 is 35.5. The van der Waals surface area contributed by atoms with Crippen molar-refractivity contribution in [2.75, 3.05) is 26.4 Å². The number of hydrogen-bond acceptors (Lipinski definition) is 7. The Morgan fingerprint density at radius 3 is 1.60 bits per heavy atom. The monoisotopic (exact) mass is 482 g/mol. The van der Waals surface area contributed by atoms with Crippen molar-refractivity contribution in [3.05, 3.63) is 47.5 Å². The molecule has 2 fully saturated rings. The maximum atomic E-state index is 12.9. The van der Waals surface area contributed by atoms with Gasteiger partial charge in [-0.15, -0.1) is 0 Å². The molecule has 4 heterocycles. The first kappa shape index (κ1) is 22.3. The van der Waals surface area contributed by atoms with Gasteiger partial charge in [0.15, 0.2) is 28.8 Å². The zero-order chi connectivity index (χ0) is 24.0. The molecule has 4 aliphatic rings. The van der Waals surface area contributed by atoms with Crippen LogP contribution in [0.4, 0.5) is 4.79 Å². The fourth-order valence-corrected chi connectivity index (χ4v) is 5.25. The molecule has 2 amide bonds. The van der Waals surface area contributed by atoms with Crippen molar-refractivity contribution in [1.82, 2.24) is 10.6 Å². The van der Waals surface area contributed by atoms with Crippen molar-refractivity contribution >= 4 is 6.03 Å². The third kappa shape index (κ3) is 4.58. The van der Waals surface area contributed by atoms with Crippen LogP contribution in [0.2, 0.25) is 0 Å². The van der Waals surface area contributed by atoms with E-state index in [1.807, 2.05) is 50.2 Å². The number of carbonyl (C=O) groups is 1. The molecule has 35 heavy (non-hydrogen) atoms. The van der Waals surface area contributed by atoms with E-state index in [4.69, 9.17) is 28.4 Å². The van der Waals surface area contributed by atoms with Crippen LogP contribution in [0.5, 0.6) is 23.0 Å². The van der Waals surface area contributed by atoms with E-state index in [1.54, 1.807) is 0 Å². The molecule has 4 atom stereocenters. The summed E-state index contributed by atoms with van der Waals surface area (Å²) in [6.45, 7) is 5.96. The SMILES string of the molecule is CC1(C)O[C@@H]2[C@@H](O1)[C@@H](Cc1ccc3c(c1)OCCO3)NC(=O)N[C@@H]2Cc1ccc2c(c1)OCCO2. The molecule has 186 valence electrons. The van der Waals surface area contributed by atoms with Gasteiger partial charge in [0.2, 0.25) is 0 Å². The molecule has 2 aromatic rings. The molecular weight excluding hydrogens is 452 g/mol. The van der Waals surface area contributed by atoms with Crippen molar-refractivity contribution < 1.29 is 33.2 Å². The Bertz CT molecular complexity index is 1040. The van der Waals surface area contributed by atoms with E-state index in [-0.39, 0.29) is 30.3 Å². The average molecular weight is 483 g/mol. The predicted octanol–water partition coefficient (Wildman–Crippen LogP) is 2.58. The molecular formula is C26H30N2O7. The van der Waals surface area contributed by atoms with Crippen LogP contribution >= 0.6 is 0 Å². The Hall–Kier alpha value is -3.17. The Morgan fingerprint density at radius 1 is 0.714 bits per heavy atom. The normalized spacial score (nSPS) is 28.3. The molecule has 9 nitrogen and oxygen atoms in total. The molecule has 0 bridgehead atoms. The fraction of sp³-hybridized carbons (Fsp3) is 0.500. The highest BCUT2D eigenvalue weighted by Gasteiger charge is 2.51. The summed E-state index contributed by atoms with van der Waals surface area (Å²) in [7, 11) is 0. The minimum atomic E-state index is -0.769. The van der Waals surface area contributed by atoms with Gasteiger partial charge < -0.3 is 39.1 Å². The second kappa shape index (κ2) is 8.80. The number of amides is 2. The van der Waals surface area contributed by atoms with E-state index in [2.05, 4.69) is 10.6 Å². The van der Waals surface area contributed by atoms with E-state index >= 15 is 0 Å². The van der Waals surface area contributed by atoms with E-state index in [9.17, 15) is 4.79 Å². The van der Waals surface area contributed by atoms with Crippen molar-refractivity contribution in [2.45, 2.75) is 56.8 Å². The van der Waals surface area contributed by atoms with Crippen LogP contribution in [0, 0.1) is 0 Å². The summed E-state index contributed by atoms with van der Waals surface area (Å²) in [5.41, 5.74) is 2.05. The number of urea groups is 1. The van der Waals surface area contributed by atoms with Gasteiger partial charge in [0.1, 0.15) is 38.6 Å². The molecule has 0 radical (unpaired) electrons. The van der Waals surface area contributed by atoms with Crippen LogP contribution in [0.25, 0.3) is 0 Å². The van der Waals surface area contributed by atoms with E-state index in [0.717, 1.165) is 34.1 Å². The van der Waals surface area contributed by atoms with Gasteiger partial charge in [-0.2, -0.15) is 0 Å². The lowest BCUT2D eigenvalue weighted by molar-refractivity contribution is -0.150. The number of fused-ring (bicyclic) bond motifs is 3. The molecule has 2 N–H and O–H groups in total. The Kier molecular flexibility index (Phi) is 5.61. The Morgan fingerprint density at radius 2 is 1.14 bits per heavy atom. The third-order valence-electron chi connectivity index (χ3n) is 6.71. The molecule has 0 saturated carbocycles. The Balaban J connectivity index is 1.25. The maximum absolute atomic E-state index is 12.9. The second-order valence-electron chi connectivity index (χ2n) is 9.76. The summed E-state index contributed by atoms with van der Waals surface area (Å²) in [5, 5.41) is 6.22. The van der Waals surface area contributed by atoms with Crippen molar-refractivity contribution in [2.24, 2.45) is 0 Å². The lowest BCUT2D eigenvalue weighted by Gasteiger charge is -2.27. The maximum Gasteiger partial charge on any atom is 0.315 e. The topological polar surface area (TPSA) is 96.5 Å². The summed E-state index contributed by atoms with van der Waals surface area (Å²) in [6.07, 6.45) is 0.474. The highest BCUT2D eigenvalue weighted by molar-refractivity contribution is 5.75. The molecule has 2 aromatic carbocycles. The van der Waals surface area contributed by atoms with E-state index < -0.39 is 5.79 Å². The van der Waals surface area contributed by atoms with Crippen LogP contribution in [-0.4, -0.2) is 62.5 Å². The van der Waals surface area contributed by atoms with Gasteiger partial charge in [-0.05, 0) is 62.1 Å². The van der Waals surface area contributed by atoms with E-state index in [0.29, 0.717) is 39.3 Å². The van der Waals surface area contributed by atoms with Crippen LogP contribution < -0.4 is 29.6 Å². The summed E-state index contributed by atoms with van der Waals surface area (Å²) in [6, 6.07) is 11.0. The standard InChI is InChI=1S/C26H30N2O7/c1-26(2)34-23-17(11-15-3-5-19-21(13-15)32-9-7-30-19)27-25(29)28-18(24(23)35-26)12-16-4-6-20-22(14-16)33-10-8-31-20/h3-6,13-14,17-18,23-24H,7-12H2,1-2H3,(H2,27,28,29)/t17-,18-,23+,24+/m1/s1. The summed E-state index contributed by atoms with van der Waals surface area (Å²) in [4.78, 5) is 12.9. The minimum Gasteiger partial charge on any atom is -0.486 e. The minimum absolute atomic E-state index is 0.241. The zero-order valence-corrected chi connectivity index (χ0v) is 19.9. The van der Waals surface area contributed by atoms with Gasteiger partial charge in [0, 0.05) is 0 Å². The molecule has 0 unspecified atom stereocenters. The number of ether oxygens (including phenoxy) is 6. The highest BCUT2D eigenvalue weighted by Crippen LogP contribution is 2.37. The quantitative estimate of drug-likeness (QED) is 0.692. The van der Waals surface area contributed by atoms with Crippen LogP contribution in [0.3, 0.4) is 0 Å². The first-order valence-electron chi connectivity index (χ1n) is 12.1. The first-order valence-corrected chi connectivity index (χ1v) is 12.1. The molecule has 4 aliphatic heterocycles. The molecule has 0 aromatic heterocycles. The number of hydrogen-bond donors (Lipinski definition) is 2. The van der Waals surface area contributed by atoms with Crippen LogP contribution in [-0.2, 0) is 22.3 Å². The van der Waals surface area contributed by atoms with Crippen LogP contribution in [0.1, 0.15) is 25.0 Å². The van der Waals surface area contributed by atoms with Crippen molar-refractivity contribution in [1.29, 1.82) is 0 Å². The molecule has 6 rings (SSSR count). The predicted molar refractivity (Wildman–Crippen MR) is 125 cm³/mol. The number of nitrogens with one attached hydrogen (secondary N) is 2. The summed E-state index contributed by atoms with van der Waals surface area (Å²) >= 11 is 0. The van der Waals surface area contributed by atoms with Crippen molar-refractivity contribution in [3.8, 4) is 23.0 Å². The van der Waals surface area contributed by atoms with Gasteiger partial charge >= 0.3 is 6.03 Å². The molecule has 0 aliphatic carbocycles. The highest BCUT2D eigenvalue weighted by atomic mass is 16.8. The number of rotatable bonds is 4. The van der Waals surface area contributed by atoms with Crippen LogP contribution in [0.15, 0.2) is 36.4 Å². The largest absolute Gasteiger partial charge is 0.486 e. The summed E-state index contributed by atoms with van der Waals surface area (Å²) in [5.74, 6) is 2.17. The lowest BCUT2D eigenvalue weighted by atomic mass is 9.92. The third-order valence-corrected chi connectivity index (χ3v) is 6.71. The number of carbonyl (C=O) groups excluding carboxylic acids is 1. The van der Waals surface area contributed by atoms with Gasteiger partial charge in [0.05, 0.1) is 12.1 Å². The second-order valence-corrected chi connectivity index (χ2v) is 9.76. The van der Waals surface area contributed by atoms with Gasteiger partial charge in [-0.25, -0.2) is 4.79 Å². The molecule has 2 saturated heterocycles. The first-order chi connectivity index (χ1) is 16.9. The molecule has 9 heteroatoms. The van der Waals surface area contributed by atoms with Gasteiger partial charge in [-0.3, -0.25) is 0 Å². The zero-order valence-electron chi connectivity index (χ0n) is 19.9. The lowest BCUT2D eigenvalue weighted by Crippen LogP contribution is -2.47. The number of benzene rings is 2.